The van der Waals surface area contributed by atoms with Crippen LogP contribution in [0, 0.1) is 13.8 Å². The number of rotatable bonds is 9. The summed E-state index contributed by atoms with van der Waals surface area (Å²) in [5.41, 5.74) is 2.59. The fourth-order valence-electron chi connectivity index (χ4n) is 3.26. The summed E-state index contributed by atoms with van der Waals surface area (Å²) in [5, 5.41) is 2.75. The number of hydrogen-bond acceptors (Lipinski definition) is 5. The van der Waals surface area contributed by atoms with Gasteiger partial charge in [0.05, 0.1) is 24.3 Å². The minimum atomic E-state index is -4.05. The summed E-state index contributed by atoms with van der Waals surface area (Å²) in [6, 6.07) is 18.6. The van der Waals surface area contributed by atoms with Crippen molar-refractivity contribution in [1.82, 2.24) is 0 Å². The maximum absolute atomic E-state index is 13.6. The highest BCUT2D eigenvalue weighted by Crippen LogP contribution is 2.33. The number of aryl methyl sites for hydroxylation is 2. The number of sulfonamides is 1. The van der Waals surface area contributed by atoms with E-state index in [9.17, 15) is 13.2 Å². The van der Waals surface area contributed by atoms with Crippen LogP contribution < -0.4 is 19.1 Å². The monoisotopic (exact) mass is 468 g/mol. The maximum atomic E-state index is 13.6. The van der Waals surface area contributed by atoms with E-state index in [-0.39, 0.29) is 4.90 Å². The first-order chi connectivity index (χ1) is 15.7. The second-order valence-electron chi connectivity index (χ2n) is 7.51. The minimum absolute atomic E-state index is 0.0885. The third-order valence-electron chi connectivity index (χ3n) is 4.95. The van der Waals surface area contributed by atoms with E-state index in [1.807, 2.05) is 26.8 Å². The number of carbonyl (C=O) groups excluding carboxylic acids is 1. The van der Waals surface area contributed by atoms with Crippen LogP contribution >= 0.6 is 0 Å². The van der Waals surface area contributed by atoms with E-state index in [2.05, 4.69) is 5.32 Å². The van der Waals surface area contributed by atoms with E-state index in [4.69, 9.17) is 9.47 Å². The molecule has 1 N–H and O–H groups in total. The van der Waals surface area contributed by atoms with Gasteiger partial charge in [-0.05, 0) is 74.9 Å². The van der Waals surface area contributed by atoms with E-state index in [0.29, 0.717) is 29.5 Å². The standard InChI is InChI=1S/C25H28N2O5S/c1-5-32-21-11-9-20(10-12-21)26-25(28)17-27(23-16-19(3)8-15-24(23)31-4)33(29,30)22-13-6-18(2)7-14-22/h6-16H,5,17H2,1-4H3,(H,26,28). The highest BCUT2D eigenvalue weighted by Gasteiger charge is 2.29. The van der Waals surface area contributed by atoms with Crippen molar-refractivity contribution >= 4 is 27.3 Å². The van der Waals surface area contributed by atoms with E-state index >= 15 is 0 Å². The third-order valence-corrected chi connectivity index (χ3v) is 6.72. The number of benzene rings is 3. The van der Waals surface area contributed by atoms with Gasteiger partial charge in [-0.2, -0.15) is 0 Å². The minimum Gasteiger partial charge on any atom is -0.495 e. The Hall–Kier alpha value is -3.52. The number of nitrogens with zero attached hydrogens (tertiary/aromatic N) is 1. The van der Waals surface area contributed by atoms with Gasteiger partial charge in [0.1, 0.15) is 18.0 Å². The second-order valence-corrected chi connectivity index (χ2v) is 9.37. The predicted octanol–water partition coefficient (Wildman–Crippen LogP) is 4.54. The molecule has 33 heavy (non-hydrogen) atoms. The summed E-state index contributed by atoms with van der Waals surface area (Å²) in [6.45, 7) is 5.72. The molecule has 0 unspecified atom stereocenters. The van der Waals surface area contributed by atoms with E-state index in [0.717, 1.165) is 15.4 Å². The molecule has 0 radical (unpaired) electrons. The molecule has 7 nitrogen and oxygen atoms in total. The lowest BCUT2D eigenvalue weighted by atomic mass is 10.2. The van der Waals surface area contributed by atoms with Crippen molar-refractivity contribution < 1.29 is 22.7 Å². The number of methoxy groups -OCH3 is 1. The lowest BCUT2D eigenvalue weighted by molar-refractivity contribution is -0.114. The van der Waals surface area contributed by atoms with E-state index < -0.39 is 22.5 Å². The van der Waals surface area contributed by atoms with Crippen molar-refractivity contribution in [2.75, 3.05) is 29.9 Å². The molecule has 0 heterocycles. The number of nitrogens with one attached hydrogen (secondary N) is 1. The van der Waals surface area contributed by atoms with Gasteiger partial charge in [0.2, 0.25) is 5.91 Å². The summed E-state index contributed by atoms with van der Waals surface area (Å²) in [6.07, 6.45) is 0. The van der Waals surface area contributed by atoms with Crippen LogP contribution in [-0.2, 0) is 14.8 Å². The zero-order valence-corrected chi connectivity index (χ0v) is 20.0. The number of hydrogen-bond donors (Lipinski definition) is 1. The quantitative estimate of drug-likeness (QED) is 0.498. The van der Waals surface area contributed by atoms with E-state index in [1.165, 1.54) is 19.2 Å². The lowest BCUT2D eigenvalue weighted by Gasteiger charge is -2.26. The molecule has 3 aromatic rings. The molecule has 0 atom stereocenters. The Kier molecular flexibility index (Phi) is 7.60. The summed E-state index contributed by atoms with van der Waals surface area (Å²) in [7, 11) is -2.59. The molecule has 8 heteroatoms. The average Bonchev–Trinajstić information content (AvgIpc) is 2.79. The number of anilines is 2. The van der Waals surface area contributed by atoms with Gasteiger partial charge in [-0.25, -0.2) is 8.42 Å². The summed E-state index contributed by atoms with van der Waals surface area (Å²) in [5.74, 6) is 0.548. The lowest BCUT2D eigenvalue weighted by Crippen LogP contribution is -2.38. The summed E-state index contributed by atoms with van der Waals surface area (Å²) >= 11 is 0. The zero-order valence-electron chi connectivity index (χ0n) is 19.2. The van der Waals surface area contributed by atoms with Gasteiger partial charge >= 0.3 is 0 Å². The smallest absolute Gasteiger partial charge is 0.264 e. The second kappa shape index (κ2) is 10.4. The Labute approximate surface area is 195 Å². The van der Waals surface area contributed by atoms with Gasteiger partial charge in [-0.1, -0.05) is 23.8 Å². The molecule has 0 aliphatic carbocycles. The molecule has 0 bridgehead atoms. The Morgan fingerprint density at radius 2 is 1.58 bits per heavy atom. The highest BCUT2D eigenvalue weighted by atomic mass is 32.2. The Bertz CT molecular complexity index is 1210. The van der Waals surface area contributed by atoms with Crippen molar-refractivity contribution in [2.45, 2.75) is 25.7 Å². The molecule has 0 spiro atoms. The molecule has 0 saturated carbocycles. The van der Waals surface area contributed by atoms with Crippen molar-refractivity contribution in [3.8, 4) is 11.5 Å². The van der Waals surface area contributed by atoms with Crippen LogP contribution in [0.1, 0.15) is 18.1 Å². The molecular formula is C25H28N2O5S. The molecule has 1 amide bonds. The molecule has 0 aromatic heterocycles. The van der Waals surface area contributed by atoms with Crippen molar-refractivity contribution in [3.63, 3.8) is 0 Å². The fraction of sp³-hybridized carbons (Fsp3) is 0.240. The Morgan fingerprint density at radius 3 is 2.18 bits per heavy atom. The third kappa shape index (κ3) is 5.84. The van der Waals surface area contributed by atoms with Gasteiger partial charge in [-0.15, -0.1) is 0 Å². The number of ether oxygens (including phenoxy) is 2. The predicted molar refractivity (Wildman–Crippen MR) is 130 cm³/mol. The molecule has 174 valence electrons. The van der Waals surface area contributed by atoms with Gasteiger partial charge in [0.15, 0.2) is 0 Å². The van der Waals surface area contributed by atoms with Gasteiger partial charge in [-0.3, -0.25) is 9.10 Å². The molecule has 0 aliphatic heterocycles. The average molecular weight is 469 g/mol. The normalized spacial score (nSPS) is 11.0. The molecule has 0 saturated heterocycles. The van der Waals surface area contributed by atoms with Crippen LogP contribution in [0.15, 0.2) is 71.6 Å². The van der Waals surface area contributed by atoms with Gasteiger partial charge in [0.25, 0.3) is 10.0 Å². The van der Waals surface area contributed by atoms with Crippen LogP contribution in [0.3, 0.4) is 0 Å². The summed E-state index contributed by atoms with van der Waals surface area (Å²) < 4.78 is 39.1. The van der Waals surface area contributed by atoms with Crippen molar-refractivity contribution in [2.24, 2.45) is 0 Å². The first-order valence-electron chi connectivity index (χ1n) is 10.5. The van der Waals surface area contributed by atoms with Crippen LogP contribution in [0.5, 0.6) is 11.5 Å². The highest BCUT2D eigenvalue weighted by molar-refractivity contribution is 7.92. The Morgan fingerprint density at radius 1 is 0.939 bits per heavy atom. The van der Waals surface area contributed by atoms with Gasteiger partial charge in [0, 0.05) is 5.69 Å². The Balaban J connectivity index is 1.96. The van der Waals surface area contributed by atoms with Crippen LogP contribution in [0.25, 0.3) is 0 Å². The maximum Gasteiger partial charge on any atom is 0.264 e. The molecular weight excluding hydrogens is 440 g/mol. The topological polar surface area (TPSA) is 84.9 Å². The summed E-state index contributed by atoms with van der Waals surface area (Å²) in [4.78, 5) is 13.0. The fourth-order valence-corrected chi connectivity index (χ4v) is 4.69. The number of amides is 1. The van der Waals surface area contributed by atoms with E-state index in [1.54, 1.807) is 48.5 Å². The van der Waals surface area contributed by atoms with Crippen molar-refractivity contribution in [3.05, 3.63) is 77.9 Å². The SMILES string of the molecule is CCOc1ccc(NC(=O)CN(c2cc(C)ccc2OC)S(=O)(=O)c2ccc(C)cc2)cc1. The molecule has 0 fully saturated rings. The number of carbonyl (C=O) groups is 1. The first-order valence-corrected chi connectivity index (χ1v) is 12.0. The van der Waals surface area contributed by atoms with Crippen LogP contribution in [0.4, 0.5) is 11.4 Å². The largest absolute Gasteiger partial charge is 0.495 e. The van der Waals surface area contributed by atoms with Crippen LogP contribution in [-0.4, -0.2) is 34.6 Å². The first kappa shape index (κ1) is 24.1. The zero-order chi connectivity index (χ0) is 24.0. The van der Waals surface area contributed by atoms with Gasteiger partial charge < -0.3 is 14.8 Å². The molecule has 3 rings (SSSR count). The molecule has 0 aliphatic rings. The van der Waals surface area contributed by atoms with Crippen LogP contribution in [0.2, 0.25) is 0 Å². The molecule has 3 aromatic carbocycles. The van der Waals surface area contributed by atoms with Crippen molar-refractivity contribution in [1.29, 1.82) is 0 Å².